The molecule has 0 bridgehead atoms. The van der Waals surface area contributed by atoms with E-state index in [9.17, 15) is 9.18 Å². The molecule has 15 heavy (non-hydrogen) atoms. The third kappa shape index (κ3) is 3.20. The second kappa shape index (κ2) is 5.12. The Morgan fingerprint density at radius 1 is 1.53 bits per heavy atom. The molecular formula is C11H12ClFO2. The van der Waals surface area contributed by atoms with Gasteiger partial charge in [-0.15, -0.1) is 0 Å². The summed E-state index contributed by atoms with van der Waals surface area (Å²) in [5.74, 6) is -1.26. The van der Waals surface area contributed by atoms with Crippen LogP contribution in [0.15, 0.2) is 12.1 Å². The number of benzene rings is 1. The van der Waals surface area contributed by atoms with Gasteiger partial charge in [0.05, 0.1) is 5.02 Å². The van der Waals surface area contributed by atoms with E-state index in [1.165, 1.54) is 0 Å². The smallest absolute Gasteiger partial charge is 0.303 e. The molecule has 2 nitrogen and oxygen atoms in total. The molecule has 0 saturated carbocycles. The lowest BCUT2D eigenvalue weighted by Gasteiger charge is -2.06. The molecule has 0 aromatic heterocycles. The molecule has 0 saturated heterocycles. The molecule has 1 N–H and O–H groups in total. The van der Waals surface area contributed by atoms with E-state index in [1.54, 1.807) is 19.1 Å². The van der Waals surface area contributed by atoms with Crippen molar-refractivity contribution >= 4 is 17.6 Å². The van der Waals surface area contributed by atoms with Crippen molar-refractivity contribution in [1.82, 2.24) is 0 Å². The fourth-order valence-corrected chi connectivity index (χ4v) is 1.62. The Morgan fingerprint density at radius 3 is 2.80 bits per heavy atom. The Labute approximate surface area is 92.7 Å². The number of aliphatic carboxylic acids is 1. The Morgan fingerprint density at radius 2 is 2.20 bits per heavy atom. The second-order valence-electron chi connectivity index (χ2n) is 3.42. The molecule has 1 rings (SSSR count). The maximum Gasteiger partial charge on any atom is 0.303 e. The van der Waals surface area contributed by atoms with Gasteiger partial charge in [-0.1, -0.05) is 23.7 Å². The molecule has 0 spiro atoms. The van der Waals surface area contributed by atoms with Gasteiger partial charge in [-0.3, -0.25) is 4.79 Å². The van der Waals surface area contributed by atoms with E-state index < -0.39 is 11.8 Å². The minimum atomic E-state index is -0.848. The van der Waals surface area contributed by atoms with Crippen molar-refractivity contribution in [2.24, 2.45) is 0 Å². The summed E-state index contributed by atoms with van der Waals surface area (Å²) in [5, 5.41) is 8.56. The van der Waals surface area contributed by atoms with Gasteiger partial charge in [0.15, 0.2) is 0 Å². The summed E-state index contributed by atoms with van der Waals surface area (Å²) in [4.78, 5) is 10.3. The van der Waals surface area contributed by atoms with Gasteiger partial charge < -0.3 is 5.11 Å². The van der Waals surface area contributed by atoms with Crippen LogP contribution in [0.1, 0.15) is 24.0 Å². The highest BCUT2D eigenvalue weighted by molar-refractivity contribution is 6.31. The highest BCUT2D eigenvalue weighted by Gasteiger charge is 2.09. The fourth-order valence-electron chi connectivity index (χ4n) is 1.31. The maximum absolute atomic E-state index is 13.3. The zero-order valence-electron chi connectivity index (χ0n) is 8.39. The van der Waals surface area contributed by atoms with E-state index in [0.29, 0.717) is 24.0 Å². The molecule has 0 aliphatic carbocycles. The van der Waals surface area contributed by atoms with Gasteiger partial charge in [0.2, 0.25) is 0 Å². The Balaban J connectivity index is 2.70. The first-order valence-electron chi connectivity index (χ1n) is 4.67. The average Bonchev–Trinajstić information content (AvgIpc) is 2.18. The van der Waals surface area contributed by atoms with Crippen LogP contribution in [0.25, 0.3) is 0 Å². The number of carbonyl (C=O) groups is 1. The molecule has 82 valence electrons. The summed E-state index contributed by atoms with van der Waals surface area (Å²) in [6.45, 7) is 1.64. The third-order valence-corrected chi connectivity index (χ3v) is 2.60. The van der Waals surface area contributed by atoms with Crippen LogP contribution in [0.5, 0.6) is 0 Å². The number of aryl methyl sites for hydroxylation is 2. The zero-order chi connectivity index (χ0) is 11.4. The van der Waals surface area contributed by atoms with E-state index in [2.05, 4.69) is 0 Å². The number of halogens is 2. The molecule has 0 fully saturated rings. The summed E-state index contributed by atoms with van der Waals surface area (Å²) in [7, 11) is 0. The highest BCUT2D eigenvalue weighted by Crippen LogP contribution is 2.24. The van der Waals surface area contributed by atoms with Crippen molar-refractivity contribution in [3.8, 4) is 0 Å². The summed E-state index contributed by atoms with van der Waals surface area (Å²) in [5.41, 5.74) is 1.17. The van der Waals surface area contributed by atoms with Gasteiger partial charge in [0.25, 0.3) is 0 Å². The molecule has 0 aliphatic heterocycles. The Bertz CT molecular complexity index is 377. The van der Waals surface area contributed by atoms with Crippen molar-refractivity contribution in [3.63, 3.8) is 0 Å². The van der Waals surface area contributed by atoms with Crippen LogP contribution >= 0.6 is 11.6 Å². The van der Waals surface area contributed by atoms with Crippen LogP contribution in [-0.2, 0) is 11.2 Å². The van der Waals surface area contributed by atoms with Crippen LogP contribution in [0.2, 0.25) is 5.02 Å². The molecule has 4 heteroatoms. The third-order valence-electron chi connectivity index (χ3n) is 2.19. The largest absolute Gasteiger partial charge is 0.481 e. The molecule has 0 heterocycles. The van der Waals surface area contributed by atoms with Crippen LogP contribution in [0.3, 0.4) is 0 Å². The van der Waals surface area contributed by atoms with Crippen molar-refractivity contribution in [2.45, 2.75) is 26.2 Å². The van der Waals surface area contributed by atoms with Crippen molar-refractivity contribution in [1.29, 1.82) is 0 Å². The zero-order valence-corrected chi connectivity index (χ0v) is 9.14. The molecule has 1 aromatic carbocycles. The fraction of sp³-hybridized carbons (Fsp3) is 0.364. The van der Waals surface area contributed by atoms with Gasteiger partial charge in [-0.2, -0.15) is 0 Å². The number of carboxylic acid groups (broad SMARTS) is 1. The Hall–Kier alpha value is -1.09. The molecule has 0 atom stereocenters. The standard InChI is InChI=1S/C11H12ClFO2/c1-7-5-6-8(10(12)11(7)13)3-2-4-9(14)15/h5-6H,2-4H2,1H3,(H,14,15). The first kappa shape index (κ1) is 12.0. The van der Waals surface area contributed by atoms with Crippen LogP contribution in [0, 0.1) is 12.7 Å². The minimum Gasteiger partial charge on any atom is -0.481 e. The first-order chi connectivity index (χ1) is 7.02. The Kier molecular flexibility index (Phi) is 4.09. The highest BCUT2D eigenvalue weighted by atomic mass is 35.5. The minimum absolute atomic E-state index is 0.0752. The van der Waals surface area contributed by atoms with Crippen molar-refractivity contribution in [3.05, 3.63) is 34.1 Å². The normalized spacial score (nSPS) is 10.3. The molecule has 0 aliphatic rings. The number of rotatable bonds is 4. The first-order valence-corrected chi connectivity index (χ1v) is 5.05. The number of carboxylic acids is 1. The average molecular weight is 231 g/mol. The van der Waals surface area contributed by atoms with Gasteiger partial charge in [-0.05, 0) is 30.9 Å². The SMILES string of the molecule is Cc1ccc(CCCC(=O)O)c(Cl)c1F. The summed E-state index contributed by atoms with van der Waals surface area (Å²) in [6.07, 6.45) is 1.03. The van der Waals surface area contributed by atoms with Crippen LogP contribution in [-0.4, -0.2) is 11.1 Å². The van der Waals surface area contributed by atoms with E-state index in [0.717, 1.165) is 0 Å². The quantitative estimate of drug-likeness (QED) is 0.863. The summed E-state index contributed by atoms with van der Waals surface area (Å²) >= 11 is 5.79. The molecular weight excluding hydrogens is 219 g/mol. The molecule has 0 amide bonds. The van der Waals surface area contributed by atoms with Crippen LogP contribution in [0.4, 0.5) is 4.39 Å². The lowest BCUT2D eigenvalue weighted by molar-refractivity contribution is -0.137. The van der Waals surface area contributed by atoms with Crippen molar-refractivity contribution < 1.29 is 14.3 Å². The lowest BCUT2D eigenvalue weighted by atomic mass is 10.1. The topological polar surface area (TPSA) is 37.3 Å². The lowest BCUT2D eigenvalue weighted by Crippen LogP contribution is -1.97. The maximum atomic E-state index is 13.3. The molecule has 0 unspecified atom stereocenters. The molecule has 0 radical (unpaired) electrons. The monoisotopic (exact) mass is 230 g/mol. The predicted octanol–water partition coefficient (Wildman–Crippen LogP) is 3.19. The van der Waals surface area contributed by atoms with Gasteiger partial charge in [0, 0.05) is 6.42 Å². The van der Waals surface area contributed by atoms with Gasteiger partial charge in [0.1, 0.15) is 5.82 Å². The summed E-state index contributed by atoms with van der Waals surface area (Å²) in [6, 6.07) is 3.39. The summed E-state index contributed by atoms with van der Waals surface area (Å²) < 4.78 is 13.3. The predicted molar refractivity (Wildman–Crippen MR) is 56.7 cm³/mol. The number of hydrogen-bond acceptors (Lipinski definition) is 1. The van der Waals surface area contributed by atoms with Crippen molar-refractivity contribution in [2.75, 3.05) is 0 Å². The molecule has 1 aromatic rings. The van der Waals surface area contributed by atoms with Crippen LogP contribution < -0.4 is 0 Å². The van der Waals surface area contributed by atoms with E-state index in [4.69, 9.17) is 16.7 Å². The van der Waals surface area contributed by atoms with E-state index in [1.807, 2.05) is 0 Å². The van der Waals surface area contributed by atoms with Gasteiger partial charge in [-0.25, -0.2) is 4.39 Å². The second-order valence-corrected chi connectivity index (χ2v) is 3.79. The van der Waals surface area contributed by atoms with E-state index in [-0.39, 0.29) is 11.4 Å². The van der Waals surface area contributed by atoms with Gasteiger partial charge >= 0.3 is 5.97 Å². The number of hydrogen-bond donors (Lipinski definition) is 1. The van der Waals surface area contributed by atoms with E-state index >= 15 is 0 Å².